The summed E-state index contributed by atoms with van der Waals surface area (Å²) in [5.74, 6) is -0.542. The summed E-state index contributed by atoms with van der Waals surface area (Å²) in [5.41, 5.74) is 0.348. The third kappa shape index (κ3) is 4.94. The van der Waals surface area contributed by atoms with Crippen molar-refractivity contribution in [3.63, 3.8) is 0 Å². The number of amides is 1. The molecule has 5 nitrogen and oxygen atoms in total. The number of sulfonamides is 1. The third-order valence-electron chi connectivity index (χ3n) is 3.04. The van der Waals surface area contributed by atoms with Gasteiger partial charge in [-0.15, -0.1) is 0 Å². The lowest BCUT2D eigenvalue weighted by molar-refractivity contribution is -0.117. The molecule has 2 aromatic rings. The van der Waals surface area contributed by atoms with Crippen molar-refractivity contribution >= 4 is 60.7 Å². The molecule has 2 N–H and O–H groups in total. The van der Waals surface area contributed by atoms with E-state index in [-0.39, 0.29) is 9.92 Å². The Morgan fingerprint density at radius 1 is 1.12 bits per heavy atom. The standard InChI is InChI=1S/C15H13BrCl2N2O3S/c1-9(15(21)19-14-7-4-11(17)8-13(14)18)20-24(22,23)12-5-2-10(16)3-6-12/h2-9,20H,1H3,(H,19,21). The van der Waals surface area contributed by atoms with E-state index in [1.807, 2.05) is 0 Å². The largest absolute Gasteiger partial charge is 0.323 e. The lowest BCUT2D eigenvalue weighted by atomic mass is 10.3. The van der Waals surface area contributed by atoms with Crippen LogP contribution in [0.1, 0.15) is 6.92 Å². The summed E-state index contributed by atoms with van der Waals surface area (Å²) in [4.78, 5) is 12.2. The average Bonchev–Trinajstić information content (AvgIpc) is 2.50. The van der Waals surface area contributed by atoms with Crippen molar-refractivity contribution in [3.8, 4) is 0 Å². The Balaban J connectivity index is 2.09. The van der Waals surface area contributed by atoms with Gasteiger partial charge in [0.1, 0.15) is 0 Å². The molecule has 1 unspecified atom stereocenters. The van der Waals surface area contributed by atoms with Crippen LogP contribution in [0.15, 0.2) is 51.8 Å². The van der Waals surface area contributed by atoms with Crippen molar-refractivity contribution < 1.29 is 13.2 Å². The van der Waals surface area contributed by atoms with Crippen LogP contribution >= 0.6 is 39.1 Å². The first-order valence-electron chi connectivity index (χ1n) is 6.73. The number of hydrogen-bond acceptors (Lipinski definition) is 3. The molecular formula is C15H13BrCl2N2O3S. The molecule has 1 atom stereocenters. The van der Waals surface area contributed by atoms with E-state index in [4.69, 9.17) is 23.2 Å². The molecular weight excluding hydrogens is 439 g/mol. The van der Waals surface area contributed by atoms with Gasteiger partial charge < -0.3 is 5.32 Å². The van der Waals surface area contributed by atoms with Gasteiger partial charge in [-0.25, -0.2) is 8.42 Å². The highest BCUT2D eigenvalue weighted by atomic mass is 79.9. The fourth-order valence-corrected chi connectivity index (χ4v) is 3.72. The van der Waals surface area contributed by atoms with Gasteiger partial charge in [0, 0.05) is 9.50 Å². The van der Waals surface area contributed by atoms with Crippen LogP contribution in [-0.2, 0) is 14.8 Å². The maximum absolute atomic E-state index is 12.3. The number of carbonyl (C=O) groups excluding carboxylic acids is 1. The molecule has 0 aliphatic heterocycles. The summed E-state index contributed by atoms with van der Waals surface area (Å²) in [5, 5.41) is 3.25. The molecule has 0 radical (unpaired) electrons. The Morgan fingerprint density at radius 2 is 1.75 bits per heavy atom. The monoisotopic (exact) mass is 450 g/mol. The summed E-state index contributed by atoms with van der Waals surface area (Å²) < 4.78 is 27.6. The van der Waals surface area contributed by atoms with Gasteiger partial charge in [-0.05, 0) is 49.4 Å². The Morgan fingerprint density at radius 3 is 2.33 bits per heavy atom. The van der Waals surface area contributed by atoms with Gasteiger partial charge in [0.2, 0.25) is 15.9 Å². The van der Waals surface area contributed by atoms with E-state index in [1.54, 1.807) is 24.3 Å². The zero-order valence-electron chi connectivity index (χ0n) is 12.4. The van der Waals surface area contributed by atoms with Crippen molar-refractivity contribution in [3.05, 3.63) is 57.0 Å². The predicted molar refractivity (Wildman–Crippen MR) is 99.0 cm³/mol. The molecule has 1 amide bonds. The average molecular weight is 452 g/mol. The second kappa shape index (κ2) is 7.84. The van der Waals surface area contributed by atoms with Crippen molar-refractivity contribution in [2.75, 3.05) is 5.32 Å². The van der Waals surface area contributed by atoms with E-state index < -0.39 is 22.0 Å². The van der Waals surface area contributed by atoms with Crippen molar-refractivity contribution in [1.29, 1.82) is 0 Å². The minimum atomic E-state index is -3.82. The zero-order chi connectivity index (χ0) is 17.9. The van der Waals surface area contributed by atoms with Gasteiger partial charge in [-0.3, -0.25) is 4.79 Å². The van der Waals surface area contributed by atoms with Crippen LogP contribution in [0.3, 0.4) is 0 Å². The van der Waals surface area contributed by atoms with E-state index in [9.17, 15) is 13.2 Å². The molecule has 0 fully saturated rings. The molecule has 0 saturated heterocycles. The minimum absolute atomic E-state index is 0.0647. The van der Waals surface area contributed by atoms with E-state index in [2.05, 4.69) is 26.0 Å². The van der Waals surface area contributed by atoms with E-state index in [1.165, 1.54) is 25.1 Å². The molecule has 0 spiro atoms. The molecule has 2 aromatic carbocycles. The summed E-state index contributed by atoms with van der Waals surface area (Å²) in [6.45, 7) is 1.44. The number of carbonyl (C=O) groups is 1. The van der Waals surface area contributed by atoms with Crippen molar-refractivity contribution in [1.82, 2.24) is 4.72 Å². The summed E-state index contributed by atoms with van der Waals surface area (Å²) >= 11 is 15.0. The fourth-order valence-electron chi connectivity index (χ4n) is 1.80. The van der Waals surface area contributed by atoms with Crippen molar-refractivity contribution in [2.24, 2.45) is 0 Å². The maximum Gasteiger partial charge on any atom is 0.242 e. The first-order valence-corrected chi connectivity index (χ1v) is 9.76. The van der Waals surface area contributed by atoms with E-state index in [0.29, 0.717) is 10.7 Å². The first-order chi connectivity index (χ1) is 11.2. The topological polar surface area (TPSA) is 75.3 Å². The zero-order valence-corrected chi connectivity index (χ0v) is 16.3. The van der Waals surface area contributed by atoms with E-state index >= 15 is 0 Å². The lowest BCUT2D eigenvalue weighted by Crippen LogP contribution is -2.41. The van der Waals surface area contributed by atoms with Crippen molar-refractivity contribution in [2.45, 2.75) is 17.9 Å². The Bertz CT molecular complexity index is 858. The predicted octanol–water partition coefficient (Wildman–Crippen LogP) is 4.06. The lowest BCUT2D eigenvalue weighted by Gasteiger charge is -2.15. The Hall–Kier alpha value is -1.12. The Labute approximate surface area is 158 Å². The second-order valence-electron chi connectivity index (χ2n) is 4.91. The number of halogens is 3. The van der Waals surface area contributed by atoms with Crippen LogP contribution in [0.4, 0.5) is 5.69 Å². The number of nitrogens with one attached hydrogen (secondary N) is 2. The SMILES string of the molecule is CC(NS(=O)(=O)c1ccc(Br)cc1)C(=O)Nc1ccc(Cl)cc1Cl. The molecule has 9 heteroatoms. The molecule has 0 bridgehead atoms. The normalized spacial score (nSPS) is 12.7. The van der Waals surface area contributed by atoms with Gasteiger partial charge in [0.25, 0.3) is 0 Å². The Kier molecular flexibility index (Phi) is 6.28. The molecule has 0 heterocycles. The van der Waals surface area contributed by atoms with Gasteiger partial charge in [0.05, 0.1) is 21.6 Å². The molecule has 0 aliphatic rings. The highest BCUT2D eigenvalue weighted by Crippen LogP contribution is 2.25. The summed E-state index contributed by atoms with van der Waals surface area (Å²) in [7, 11) is -3.82. The fraction of sp³-hybridized carbons (Fsp3) is 0.133. The smallest absolute Gasteiger partial charge is 0.242 e. The summed E-state index contributed by atoms with van der Waals surface area (Å²) in [6.07, 6.45) is 0. The van der Waals surface area contributed by atoms with Crippen LogP contribution in [0.5, 0.6) is 0 Å². The van der Waals surface area contributed by atoms with Gasteiger partial charge >= 0.3 is 0 Å². The molecule has 0 saturated carbocycles. The minimum Gasteiger partial charge on any atom is -0.323 e. The number of rotatable bonds is 5. The van der Waals surface area contributed by atoms with Crippen LogP contribution in [0.25, 0.3) is 0 Å². The molecule has 0 aliphatic carbocycles. The highest BCUT2D eigenvalue weighted by molar-refractivity contribution is 9.10. The van der Waals surface area contributed by atoms with Crippen LogP contribution < -0.4 is 10.0 Å². The van der Waals surface area contributed by atoms with Crippen LogP contribution in [0, 0.1) is 0 Å². The number of benzene rings is 2. The highest BCUT2D eigenvalue weighted by Gasteiger charge is 2.22. The molecule has 128 valence electrons. The van der Waals surface area contributed by atoms with Crippen LogP contribution in [-0.4, -0.2) is 20.4 Å². The van der Waals surface area contributed by atoms with Gasteiger partial charge in [-0.1, -0.05) is 39.1 Å². The molecule has 2 rings (SSSR count). The second-order valence-corrected chi connectivity index (χ2v) is 8.38. The van der Waals surface area contributed by atoms with Gasteiger partial charge in [-0.2, -0.15) is 4.72 Å². The summed E-state index contributed by atoms with van der Waals surface area (Å²) in [6, 6.07) is 9.68. The van der Waals surface area contributed by atoms with Gasteiger partial charge in [0.15, 0.2) is 0 Å². The van der Waals surface area contributed by atoms with E-state index in [0.717, 1.165) is 4.47 Å². The first kappa shape index (κ1) is 19.2. The molecule has 0 aromatic heterocycles. The maximum atomic E-state index is 12.3. The quantitative estimate of drug-likeness (QED) is 0.719. The third-order valence-corrected chi connectivity index (χ3v) is 5.67. The molecule has 24 heavy (non-hydrogen) atoms. The van der Waals surface area contributed by atoms with Crippen LogP contribution in [0.2, 0.25) is 10.0 Å². The number of anilines is 1. The number of hydrogen-bond donors (Lipinski definition) is 2.